The largest absolute Gasteiger partial charge is 0.370 e. The van der Waals surface area contributed by atoms with E-state index in [4.69, 9.17) is 5.73 Å². The van der Waals surface area contributed by atoms with Gasteiger partial charge in [-0.1, -0.05) is 24.3 Å². The summed E-state index contributed by atoms with van der Waals surface area (Å²) in [6.45, 7) is 2.36. The first-order valence-electron chi connectivity index (χ1n) is 9.24. The number of carbonyl (C=O) groups excluding carboxylic acids is 1. The van der Waals surface area contributed by atoms with Crippen molar-refractivity contribution in [3.05, 3.63) is 54.6 Å². The van der Waals surface area contributed by atoms with Crippen LogP contribution in [0.1, 0.15) is 12.8 Å². The number of rotatable bonds is 7. The van der Waals surface area contributed by atoms with Crippen LogP contribution in [0.25, 0.3) is 0 Å². The lowest BCUT2D eigenvalue weighted by Crippen LogP contribution is -2.53. The zero-order valence-corrected chi connectivity index (χ0v) is 16.7. The lowest BCUT2D eigenvalue weighted by molar-refractivity contribution is -0.118. The van der Waals surface area contributed by atoms with Crippen LogP contribution >= 0.6 is 0 Å². The van der Waals surface area contributed by atoms with Gasteiger partial charge < -0.3 is 15.5 Å². The molecule has 0 saturated carbocycles. The highest BCUT2D eigenvalue weighted by Crippen LogP contribution is 2.28. The molecule has 2 aromatic carbocycles. The normalized spacial score (nSPS) is 17.4. The Morgan fingerprint density at radius 3 is 2.50 bits per heavy atom. The molecule has 8 heteroatoms. The number of benzene rings is 2. The summed E-state index contributed by atoms with van der Waals surface area (Å²) in [5, 5.41) is 0. The van der Waals surface area contributed by atoms with E-state index in [1.54, 1.807) is 6.07 Å². The highest BCUT2D eigenvalue weighted by Gasteiger charge is 2.28. The second kappa shape index (κ2) is 8.52. The number of nitrogens with two attached hydrogens (primary N) is 1. The molecule has 1 heterocycles. The Morgan fingerprint density at radius 2 is 1.82 bits per heavy atom. The molecular formula is C20H26N4O3S. The van der Waals surface area contributed by atoms with Crippen molar-refractivity contribution in [1.82, 2.24) is 0 Å². The number of nitrogens with zero attached hydrogens (tertiary/aromatic N) is 2. The summed E-state index contributed by atoms with van der Waals surface area (Å²) < 4.78 is 25.6. The van der Waals surface area contributed by atoms with Gasteiger partial charge in [0.15, 0.2) is 0 Å². The van der Waals surface area contributed by atoms with Gasteiger partial charge in [0.25, 0.3) is 0 Å². The molecule has 0 spiro atoms. The summed E-state index contributed by atoms with van der Waals surface area (Å²) in [4.78, 5) is 15.9. The number of hydrogen-bond donors (Lipinski definition) is 2. The Labute approximate surface area is 166 Å². The number of carbonyl (C=O) groups is 1. The van der Waals surface area contributed by atoms with Gasteiger partial charge in [0.1, 0.15) is 0 Å². The van der Waals surface area contributed by atoms with Gasteiger partial charge in [-0.05, 0) is 36.8 Å². The molecule has 1 atom stereocenters. The quantitative estimate of drug-likeness (QED) is 0.739. The predicted molar refractivity (Wildman–Crippen MR) is 113 cm³/mol. The van der Waals surface area contributed by atoms with Crippen molar-refractivity contribution in [2.24, 2.45) is 5.73 Å². The van der Waals surface area contributed by atoms with E-state index < -0.39 is 10.0 Å². The summed E-state index contributed by atoms with van der Waals surface area (Å²) in [6, 6.07) is 17.6. The topological polar surface area (TPSA) is 95.7 Å². The molecule has 7 nitrogen and oxygen atoms in total. The second-order valence-corrected chi connectivity index (χ2v) is 8.81. The molecule has 3 rings (SSSR count). The molecule has 1 saturated heterocycles. The first-order valence-corrected chi connectivity index (χ1v) is 11.1. The zero-order chi connectivity index (χ0) is 20.1. The predicted octanol–water partition coefficient (Wildman–Crippen LogP) is 2.02. The van der Waals surface area contributed by atoms with Gasteiger partial charge >= 0.3 is 0 Å². The number of primary amides is 1. The third kappa shape index (κ3) is 5.39. The van der Waals surface area contributed by atoms with Crippen LogP contribution in [0.4, 0.5) is 17.1 Å². The van der Waals surface area contributed by atoms with E-state index in [-0.39, 0.29) is 11.9 Å². The highest BCUT2D eigenvalue weighted by molar-refractivity contribution is 7.92. The molecule has 150 valence electrons. The Kier molecular flexibility index (Phi) is 6.08. The average molecular weight is 403 g/mol. The third-order valence-corrected chi connectivity index (χ3v) is 5.42. The van der Waals surface area contributed by atoms with Gasteiger partial charge in [-0.3, -0.25) is 9.52 Å². The maximum atomic E-state index is 11.5. The maximum absolute atomic E-state index is 11.5. The Balaban J connectivity index is 1.82. The van der Waals surface area contributed by atoms with Crippen molar-refractivity contribution in [2.75, 3.05) is 40.4 Å². The number of nitrogens with one attached hydrogen (secondary N) is 1. The average Bonchev–Trinajstić information content (AvgIpc) is 2.65. The van der Waals surface area contributed by atoms with E-state index in [2.05, 4.69) is 26.7 Å². The molecule has 1 fully saturated rings. The highest BCUT2D eigenvalue weighted by atomic mass is 32.2. The summed E-state index contributed by atoms with van der Waals surface area (Å²) in [5.41, 5.74) is 7.99. The zero-order valence-electron chi connectivity index (χ0n) is 15.9. The van der Waals surface area contributed by atoms with Crippen LogP contribution in [0.15, 0.2) is 54.6 Å². The molecule has 2 aromatic rings. The van der Waals surface area contributed by atoms with E-state index in [1.807, 2.05) is 36.4 Å². The Hall–Kier alpha value is -2.74. The Bertz CT molecular complexity index is 918. The monoisotopic (exact) mass is 402 g/mol. The molecule has 1 amide bonds. The van der Waals surface area contributed by atoms with E-state index in [0.717, 1.165) is 37.3 Å². The van der Waals surface area contributed by atoms with Crippen molar-refractivity contribution in [1.29, 1.82) is 0 Å². The molecule has 0 radical (unpaired) electrons. The third-order valence-electron chi connectivity index (χ3n) is 4.81. The summed E-state index contributed by atoms with van der Waals surface area (Å²) in [5.74, 6) is -0.315. The van der Waals surface area contributed by atoms with E-state index >= 15 is 0 Å². The number of para-hydroxylation sites is 1. The second-order valence-electron chi connectivity index (χ2n) is 7.06. The first kappa shape index (κ1) is 20.0. The maximum Gasteiger partial charge on any atom is 0.229 e. The standard InChI is InChI=1S/C20H26N4O3S/c1-28(26,27)22-16-6-5-9-18(14-16)24-13-12-23(17-7-3-2-4-8-17)15-19(24)10-11-20(21)25/h2-9,14,19,22H,10-13,15H2,1H3,(H2,21,25). The molecule has 1 unspecified atom stereocenters. The number of piperazine rings is 1. The Morgan fingerprint density at radius 1 is 1.11 bits per heavy atom. The lowest BCUT2D eigenvalue weighted by Gasteiger charge is -2.44. The van der Waals surface area contributed by atoms with Crippen LogP contribution in [0.2, 0.25) is 0 Å². The SMILES string of the molecule is CS(=O)(=O)Nc1cccc(N2CCN(c3ccccc3)CC2CCC(N)=O)c1. The van der Waals surface area contributed by atoms with Gasteiger partial charge in [-0.25, -0.2) is 8.42 Å². The number of sulfonamides is 1. The molecule has 28 heavy (non-hydrogen) atoms. The number of hydrogen-bond acceptors (Lipinski definition) is 5. The molecule has 1 aliphatic heterocycles. The van der Waals surface area contributed by atoms with Gasteiger partial charge in [0.2, 0.25) is 15.9 Å². The molecular weight excluding hydrogens is 376 g/mol. The van der Waals surface area contributed by atoms with Crippen molar-refractivity contribution in [3.63, 3.8) is 0 Å². The van der Waals surface area contributed by atoms with Crippen molar-refractivity contribution < 1.29 is 13.2 Å². The van der Waals surface area contributed by atoms with Crippen LogP contribution in [0.5, 0.6) is 0 Å². The van der Waals surface area contributed by atoms with Gasteiger partial charge in [-0.15, -0.1) is 0 Å². The fraction of sp³-hybridized carbons (Fsp3) is 0.350. The fourth-order valence-electron chi connectivity index (χ4n) is 3.59. The van der Waals surface area contributed by atoms with Gasteiger partial charge in [-0.2, -0.15) is 0 Å². The van der Waals surface area contributed by atoms with Crippen molar-refractivity contribution >= 4 is 33.0 Å². The molecule has 3 N–H and O–H groups in total. The first-order chi connectivity index (χ1) is 13.3. The van der Waals surface area contributed by atoms with Gasteiger partial charge in [0, 0.05) is 43.5 Å². The van der Waals surface area contributed by atoms with Gasteiger partial charge in [0.05, 0.1) is 11.9 Å². The molecule has 1 aliphatic rings. The fourth-order valence-corrected chi connectivity index (χ4v) is 4.14. The van der Waals surface area contributed by atoms with Crippen molar-refractivity contribution in [3.8, 4) is 0 Å². The van der Waals surface area contributed by atoms with E-state index in [0.29, 0.717) is 18.5 Å². The summed E-state index contributed by atoms with van der Waals surface area (Å²) in [7, 11) is -3.34. The van der Waals surface area contributed by atoms with Crippen LogP contribution in [0.3, 0.4) is 0 Å². The minimum absolute atomic E-state index is 0.0925. The minimum atomic E-state index is -3.34. The van der Waals surface area contributed by atoms with Crippen LogP contribution in [-0.2, 0) is 14.8 Å². The minimum Gasteiger partial charge on any atom is -0.370 e. The molecule has 0 bridgehead atoms. The lowest BCUT2D eigenvalue weighted by atomic mass is 10.0. The number of amides is 1. The van der Waals surface area contributed by atoms with E-state index in [1.165, 1.54) is 0 Å². The smallest absolute Gasteiger partial charge is 0.229 e. The van der Waals surface area contributed by atoms with Crippen LogP contribution in [-0.4, -0.2) is 46.3 Å². The summed E-state index contributed by atoms with van der Waals surface area (Å²) in [6.07, 6.45) is 2.08. The molecule has 0 aliphatic carbocycles. The van der Waals surface area contributed by atoms with E-state index in [9.17, 15) is 13.2 Å². The molecule has 0 aromatic heterocycles. The van der Waals surface area contributed by atoms with Crippen LogP contribution in [0, 0.1) is 0 Å². The van der Waals surface area contributed by atoms with Crippen LogP contribution < -0.4 is 20.3 Å². The number of anilines is 3. The summed E-state index contributed by atoms with van der Waals surface area (Å²) >= 11 is 0. The van der Waals surface area contributed by atoms with Crippen molar-refractivity contribution in [2.45, 2.75) is 18.9 Å².